The van der Waals surface area contributed by atoms with E-state index in [0.717, 1.165) is 0 Å². The van der Waals surface area contributed by atoms with Gasteiger partial charge in [-0.1, -0.05) is 0 Å². The Morgan fingerprint density at radius 2 is 2.05 bits per heavy atom. The molecule has 1 aliphatic heterocycles. The van der Waals surface area contributed by atoms with Gasteiger partial charge in [0.2, 0.25) is 6.10 Å². The molecule has 1 aromatic rings. The first-order chi connectivity index (χ1) is 9.06. The zero-order chi connectivity index (χ0) is 13.8. The van der Waals surface area contributed by atoms with Crippen LogP contribution in [0.25, 0.3) is 0 Å². The Balaban J connectivity index is 1.91. The number of carbonyl (C=O) groups excluding carboxylic acids is 2. The highest BCUT2D eigenvalue weighted by molar-refractivity contribution is 5.79. The number of esters is 1. The number of nitrogens with zero attached hydrogens (tertiary/aromatic N) is 1. The van der Waals surface area contributed by atoms with Crippen LogP contribution in [0, 0.1) is 10.1 Å². The zero-order valence-corrected chi connectivity index (χ0v) is 9.61. The third-order valence-electron chi connectivity index (χ3n) is 2.37. The third kappa shape index (κ3) is 3.18. The Morgan fingerprint density at radius 1 is 1.37 bits per heavy atom. The summed E-state index contributed by atoms with van der Waals surface area (Å²) in [5.41, 5.74) is -0.125. The summed E-state index contributed by atoms with van der Waals surface area (Å²) in [6, 6.07) is 4.89. The lowest BCUT2D eigenvalue weighted by Gasteiger charge is -2.08. The van der Waals surface area contributed by atoms with Crippen LogP contribution >= 0.6 is 0 Å². The largest absolute Gasteiger partial charge is 0.514 e. The Hall–Kier alpha value is -2.64. The van der Waals surface area contributed by atoms with E-state index >= 15 is 0 Å². The molecule has 1 heterocycles. The highest BCUT2D eigenvalue weighted by Crippen LogP contribution is 2.18. The number of hydrogen-bond donors (Lipinski definition) is 0. The molecule has 1 atom stereocenters. The van der Waals surface area contributed by atoms with Crippen LogP contribution < -0.4 is 4.74 Å². The van der Waals surface area contributed by atoms with Gasteiger partial charge in [0.25, 0.3) is 5.69 Å². The van der Waals surface area contributed by atoms with E-state index in [1.54, 1.807) is 0 Å². The minimum atomic E-state index is -1.06. The van der Waals surface area contributed by atoms with Crippen LogP contribution in [0.3, 0.4) is 0 Å². The second-order valence-corrected chi connectivity index (χ2v) is 3.67. The summed E-state index contributed by atoms with van der Waals surface area (Å²) in [7, 11) is 0. The molecule has 1 unspecified atom stereocenters. The van der Waals surface area contributed by atoms with Crippen LogP contribution in [0.4, 0.5) is 10.5 Å². The molecule has 0 spiro atoms. The molecule has 1 aromatic carbocycles. The lowest BCUT2D eigenvalue weighted by atomic mass is 10.3. The van der Waals surface area contributed by atoms with E-state index in [0.29, 0.717) is 0 Å². The fourth-order valence-corrected chi connectivity index (χ4v) is 1.46. The zero-order valence-electron chi connectivity index (χ0n) is 9.61. The average molecular weight is 267 g/mol. The van der Waals surface area contributed by atoms with E-state index in [1.807, 2.05) is 0 Å². The van der Waals surface area contributed by atoms with Gasteiger partial charge in [0.15, 0.2) is 0 Å². The smallest absolute Gasteiger partial charge is 0.463 e. The predicted octanol–water partition coefficient (Wildman–Crippen LogP) is 1.43. The van der Waals surface area contributed by atoms with Crippen LogP contribution in [0.15, 0.2) is 24.3 Å². The van der Waals surface area contributed by atoms with Gasteiger partial charge in [-0.25, -0.2) is 9.59 Å². The Labute approximate surface area is 107 Å². The van der Waals surface area contributed by atoms with Crippen molar-refractivity contribution in [2.75, 3.05) is 6.61 Å². The lowest BCUT2D eigenvalue weighted by Crippen LogP contribution is -2.24. The van der Waals surface area contributed by atoms with E-state index in [-0.39, 0.29) is 24.5 Å². The fraction of sp³-hybridized carbons (Fsp3) is 0.273. The van der Waals surface area contributed by atoms with Crippen molar-refractivity contribution in [1.82, 2.24) is 0 Å². The van der Waals surface area contributed by atoms with Crippen molar-refractivity contribution in [3.63, 3.8) is 0 Å². The van der Waals surface area contributed by atoms with Crippen molar-refractivity contribution in [2.45, 2.75) is 12.5 Å². The summed E-state index contributed by atoms with van der Waals surface area (Å²) in [4.78, 5) is 32.2. The molecule has 19 heavy (non-hydrogen) atoms. The van der Waals surface area contributed by atoms with Crippen molar-refractivity contribution < 1.29 is 28.7 Å². The van der Waals surface area contributed by atoms with E-state index in [1.165, 1.54) is 24.3 Å². The summed E-state index contributed by atoms with van der Waals surface area (Å²) in [6.45, 7) is 0.203. The van der Waals surface area contributed by atoms with E-state index in [9.17, 15) is 19.7 Å². The average Bonchev–Trinajstić information content (AvgIpc) is 2.75. The number of hydrogen-bond acceptors (Lipinski definition) is 7. The van der Waals surface area contributed by atoms with E-state index in [4.69, 9.17) is 9.47 Å². The highest BCUT2D eigenvalue weighted by Gasteiger charge is 2.31. The molecule has 8 heteroatoms. The molecule has 1 fully saturated rings. The molecule has 0 N–H and O–H groups in total. The molecule has 8 nitrogen and oxygen atoms in total. The number of benzene rings is 1. The maximum absolute atomic E-state index is 11.3. The number of ether oxygens (including phenoxy) is 3. The van der Waals surface area contributed by atoms with Crippen molar-refractivity contribution in [3.8, 4) is 5.75 Å². The molecule has 0 amide bonds. The maximum atomic E-state index is 11.3. The van der Waals surface area contributed by atoms with E-state index in [2.05, 4.69) is 4.74 Å². The predicted molar refractivity (Wildman–Crippen MR) is 59.6 cm³/mol. The summed E-state index contributed by atoms with van der Waals surface area (Å²) in [6.07, 6.45) is -1.72. The summed E-state index contributed by atoms with van der Waals surface area (Å²) in [5, 5.41) is 10.4. The number of carbonyl (C=O) groups is 2. The molecule has 1 aliphatic rings. The highest BCUT2D eigenvalue weighted by atomic mass is 16.7. The maximum Gasteiger partial charge on any atom is 0.514 e. The molecule has 1 saturated heterocycles. The monoisotopic (exact) mass is 267 g/mol. The first kappa shape index (κ1) is 12.8. The third-order valence-corrected chi connectivity index (χ3v) is 2.37. The standard InChI is InChI=1S/C11H9NO7/c13-10-9(5-6-17-10)19-11(14)18-8-3-1-7(2-4-8)12(15)16/h1-4,9H,5-6H2. The molecule has 0 aromatic heterocycles. The molecular weight excluding hydrogens is 258 g/mol. The molecule has 2 rings (SSSR count). The molecular formula is C11H9NO7. The van der Waals surface area contributed by atoms with Gasteiger partial charge in [-0.15, -0.1) is 0 Å². The van der Waals surface area contributed by atoms with Gasteiger partial charge in [-0.3, -0.25) is 10.1 Å². The summed E-state index contributed by atoms with van der Waals surface area (Å²) >= 11 is 0. The molecule has 100 valence electrons. The van der Waals surface area contributed by atoms with Crippen molar-refractivity contribution >= 4 is 17.8 Å². The Bertz CT molecular complexity index is 510. The van der Waals surface area contributed by atoms with Gasteiger partial charge in [-0.2, -0.15) is 0 Å². The van der Waals surface area contributed by atoms with Crippen molar-refractivity contribution in [1.29, 1.82) is 0 Å². The van der Waals surface area contributed by atoms with Gasteiger partial charge in [0, 0.05) is 18.6 Å². The molecule has 0 bridgehead atoms. The van der Waals surface area contributed by atoms with Gasteiger partial charge >= 0.3 is 12.1 Å². The molecule has 0 saturated carbocycles. The van der Waals surface area contributed by atoms with Crippen LogP contribution in [-0.4, -0.2) is 29.8 Å². The van der Waals surface area contributed by atoms with Crippen LogP contribution in [0.5, 0.6) is 5.75 Å². The van der Waals surface area contributed by atoms with Gasteiger partial charge in [0.1, 0.15) is 5.75 Å². The van der Waals surface area contributed by atoms with Crippen molar-refractivity contribution in [2.24, 2.45) is 0 Å². The molecule has 0 radical (unpaired) electrons. The first-order valence-corrected chi connectivity index (χ1v) is 5.36. The van der Waals surface area contributed by atoms with Crippen molar-refractivity contribution in [3.05, 3.63) is 34.4 Å². The minimum absolute atomic E-state index is 0.0852. The minimum Gasteiger partial charge on any atom is -0.463 e. The lowest BCUT2D eigenvalue weighted by molar-refractivity contribution is -0.384. The van der Waals surface area contributed by atoms with Gasteiger partial charge in [0.05, 0.1) is 11.5 Å². The SMILES string of the molecule is O=C(Oc1ccc([N+](=O)[O-])cc1)OC1CCOC1=O. The van der Waals surface area contributed by atoms with E-state index < -0.39 is 23.2 Å². The topological polar surface area (TPSA) is 105 Å². The number of non-ortho nitro benzene ring substituents is 1. The van der Waals surface area contributed by atoms with Gasteiger partial charge in [-0.05, 0) is 12.1 Å². The second kappa shape index (κ2) is 5.34. The van der Waals surface area contributed by atoms with Crippen LogP contribution in [0.1, 0.15) is 6.42 Å². The fourth-order valence-electron chi connectivity index (χ4n) is 1.46. The normalized spacial score (nSPS) is 17.7. The first-order valence-electron chi connectivity index (χ1n) is 5.36. The second-order valence-electron chi connectivity index (χ2n) is 3.67. The Morgan fingerprint density at radius 3 is 2.58 bits per heavy atom. The summed E-state index contributed by atoms with van der Waals surface area (Å²) < 4.78 is 14.1. The Kier molecular flexibility index (Phi) is 3.60. The number of cyclic esters (lactones) is 1. The molecule has 0 aliphatic carbocycles. The van der Waals surface area contributed by atoms with Crippen LogP contribution in [0.2, 0.25) is 0 Å². The van der Waals surface area contributed by atoms with Gasteiger partial charge < -0.3 is 14.2 Å². The summed E-state index contributed by atoms with van der Waals surface area (Å²) in [5.74, 6) is -0.525. The van der Waals surface area contributed by atoms with Crippen LogP contribution in [-0.2, 0) is 14.3 Å². The number of nitro benzene ring substituents is 1. The number of rotatable bonds is 3. The quantitative estimate of drug-likeness (QED) is 0.353. The number of nitro groups is 1.